The molecule has 0 bridgehead atoms. The quantitative estimate of drug-likeness (QED) is 0.738. The van der Waals surface area contributed by atoms with Gasteiger partial charge in [0.1, 0.15) is 10.3 Å². The molecule has 1 aromatic heterocycles. The van der Waals surface area contributed by atoms with E-state index in [1.54, 1.807) is 6.08 Å². The Morgan fingerprint density at radius 3 is 2.65 bits per heavy atom. The molecule has 1 atom stereocenters. The predicted octanol–water partition coefficient (Wildman–Crippen LogP) is 1.30. The number of hydrogen-bond donors (Lipinski definition) is 2. The van der Waals surface area contributed by atoms with Crippen molar-refractivity contribution in [2.24, 2.45) is 0 Å². The number of carbonyl (C=O) groups is 2. The van der Waals surface area contributed by atoms with Crippen LogP contribution in [0.2, 0.25) is 0 Å². The molecule has 0 aliphatic rings. The fourth-order valence-corrected chi connectivity index (χ4v) is 3.21. The van der Waals surface area contributed by atoms with Crippen molar-refractivity contribution in [2.75, 3.05) is 6.26 Å². The average Bonchev–Trinajstić information content (AvgIpc) is 2.83. The zero-order chi connectivity index (χ0) is 15.3. The first kappa shape index (κ1) is 16.4. The molecule has 1 aromatic rings. The third-order valence-electron chi connectivity index (χ3n) is 2.47. The van der Waals surface area contributed by atoms with E-state index in [0.29, 0.717) is 6.42 Å². The molecular formula is C12H15NO5S2. The Hall–Kier alpha value is -1.67. The van der Waals surface area contributed by atoms with E-state index in [1.165, 1.54) is 11.4 Å². The first-order valence-electron chi connectivity index (χ1n) is 5.69. The van der Waals surface area contributed by atoms with E-state index in [4.69, 9.17) is 5.11 Å². The van der Waals surface area contributed by atoms with Crippen LogP contribution < -0.4 is 5.32 Å². The van der Waals surface area contributed by atoms with Gasteiger partial charge in [-0.3, -0.25) is 4.79 Å². The summed E-state index contributed by atoms with van der Waals surface area (Å²) in [7, 11) is -3.37. The number of carboxylic acid groups (broad SMARTS) is 1. The monoisotopic (exact) mass is 317 g/mol. The second kappa shape index (κ2) is 6.67. The zero-order valence-electron chi connectivity index (χ0n) is 10.8. The van der Waals surface area contributed by atoms with Gasteiger partial charge in [-0.25, -0.2) is 13.2 Å². The van der Waals surface area contributed by atoms with Crippen LogP contribution >= 0.6 is 11.3 Å². The van der Waals surface area contributed by atoms with Gasteiger partial charge in [0, 0.05) is 11.6 Å². The van der Waals surface area contributed by atoms with E-state index < -0.39 is 27.8 Å². The van der Waals surface area contributed by atoms with Gasteiger partial charge in [-0.2, -0.15) is 0 Å². The number of allylic oxidation sites excluding steroid dienone is 1. The van der Waals surface area contributed by atoms with Gasteiger partial charge in [0.2, 0.25) is 0 Å². The van der Waals surface area contributed by atoms with Gasteiger partial charge in [0.25, 0.3) is 5.91 Å². The summed E-state index contributed by atoms with van der Waals surface area (Å²) in [6.45, 7) is 3.49. The highest BCUT2D eigenvalue weighted by atomic mass is 32.2. The Bertz CT molecular complexity index is 618. The topological polar surface area (TPSA) is 101 Å². The predicted molar refractivity (Wildman–Crippen MR) is 75.7 cm³/mol. The normalized spacial score (nSPS) is 12.7. The van der Waals surface area contributed by atoms with E-state index in [2.05, 4.69) is 11.9 Å². The number of sulfone groups is 1. The summed E-state index contributed by atoms with van der Waals surface area (Å²) in [5.41, 5.74) is 0.139. The standard InChI is InChI=1S/C12H15NO5S2/c1-3-4-5-9(12(15)16)13-11(14)8-6-10(19-7-8)20(2,17)18/h3,6-7,9H,1,4-5H2,2H3,(H,13,14)(H,15,16). The molecule has 1 amide bonds. The smallest absolute Gasteiger partial charge is 0.326 e. The first-order valence-corrected chi connectivity index (χ1v) is 8.46. The van der Waals surface area contributed by atoms with E-state index in [9.17, 15) is 18.0 Å². The number of carbonyl (C=O) groups excluding carboxylic acids is 1. The molecular weight excluding hydrogens is 302 g/mol. The molecule has 0 spiro atoms. The lowest BCUT2D eigenvalue weighted by Crippen LogP contribution is -2.40. The average molecular weight is 317 g/mol. The van der Waals surface area contributed by atoms with Crippen LogP contribution in [0.3, 0.4) is 0 Å². The second-order valence-corrected chi connectivity index (χ2v) is 7.31. The minimum absolute atomic E-state index is 0.0700. The van der Waals surface area contributed by atoms with Gasteiger partial charge in [-0.1, -0.05) is 6.08 Å². The van der Waals surface area contributed by atoms with Crippen molar-refractivity contribution in [3.63, 3.8) is 0 Å². The zero-order valence-corrected chi connectivity index (χ0v) is 12.5. The summed E-state index contributed by atoms with van der Waals surface area (Å²) in [4.78, 5) is 22.9. The van der Waals surface area contributed by atoms with E-state index in [1.807, 2.05) is 0 Å². The Balaban J connectivity index is 2.81. The van der Waals surface area contributed by atoms with Crippen molar-refractivity contribution in [1.82, 2.24) is 5.32 Å². The van der Waals surface area contributed by atoms with Crippen LogP contribution in [0.5, 0.6) is 0 Å². The number of aliphatic carboxylic acids is 1. The number of carboxylic acids is 1. The second-order valence-electron chi connectivity index (χ2n) is 4.16. The Morgan fingerprint density at radius 1 is 1.55 bits per heavy atom. The molecule has 8 heteroatoms. The SMILES string of the molecule is C=CCCC(NC(=O)c1csc(S(C)(=O)=O)c1)C(=O)O. The van der Waals surface area contributed by atoms with Crippen molar-refractivity contribution in [3.8, 4) is 0 Å². The highest BCUT2D eigenvalue weighted by molar-refractivity contribution is 7.92. The fraction of sp³-hybridized carbons (Fsp3) is 0.333. The molecule has 0 aliphatic heterocycles. The van der Waals surface area contributed by atoms with E-state index in [-0.39, 0.29) is 16.2 Å². The fourth-order valence-electron chi connectivity index (χ4n) is 1.41. The first-order chi connectivity index (χ1) is 9.25. The minimum Gasteiger partial charge on any atom is -0.480 e. The lowest BCUT2D eigenvalue weighted by atomic mass is 10.1. The molecule has 1 unspecified atom stereocenters. The van der Waals surface area contributed by atoms with E-state index >= 15 is 0 Å². The molecule has 110 valence electrons. The van der Waals surface area contributed by atoms with Crippen molar-refractivity contribution < 1.29 is 23.1 Å². The van der Waals surface area contributed by atoms with Crippen molar-refractivity contribution >= 4 is 33.1 Å². The van der Waals surface area contributed by atoms with Crippen LogP contribution in [0.15, 0.2) is 28.3 Å². The van der Waals surface area contributed by atoms with Crippen LogP contribution in [0, 0.1) is 0 Å². The highest BCUT2D eigenvalue weighted by Gasteiger charge is 2.21. The van der Waals surface area contributed by atoms with Crippen LogP contribution in [-0.2, 0) is 14.6 Å². The molecule has 20 heavy (non-hydrogen) atoms. The van der Waals surface area contributed by atoms with Gasteiger partial charge in [-0.15, -0.1) is 17.9 Å². The van der Waals surface area contributed by atoms with Crippen molar-refractivity contribution in [2.45, 2.75) is 23.1 Å². The van der Waals surface area contributed by atoms with E-state index in [0.717, 1.165) is 17.6 Å². The third-order valence-corrected chi connectivity index (χ3v) is 5.23. The van der Waals surface area contributed by atoms with Gasteiger partial charge >= 0.3 is 5.97 Å². The van der Waals surface area contributed by atoms with Crippen molar-refractivity contribution in [3.05, 3.63) is 29.7 Å². The van der Waals surface area contributed by atoms with Crippen LogP contribution in [0.1, 0.15) is 23.2 Å². The van der Waals surface area contributed by atoms with Crippen LogP contribution in [-0.4, -0.2) is 37.7 Å². The largest absolute Gasteiger partial charge is 0.480 e. The molecule has 0 aromatic carbocycles. The lowest BCUT2D eigenvalue weighted by Gasteiger charge is -2.12. The molecule has 0 radical (unpaired) electrons. The van der Waals surface area contributed by atoms with Crippen molar-refractivity contribution in [1.29, 1.82) is 0 Å². The molecule has 1 rings (SSSR count). The highest BCUT2D eigenvalue weighted by Crippen LogP contribution is 2.20. The molecule has 6 nitrogen and oxygen atoms in total. The summed E-state index contributed by atoms with van der Waals surface area (Å²) in [6.07, 6.45) is 3.29. The molecule has 0 aliphatic carbocycles. The van der Waals surface area contributed by atoms with Crippen LogP contribution in [0.25, 0.3) is 0 Å². The summed E-state index contributed by atoms with van der Waals surface area (Å²) in [6, 6.07) is 0.212. The summed E-state index contributed by atoms with van der Waals surface area (Å²) in [5.74, 6) is -1.74. The van der Waals surface area contributed by atoms with Gasteiger partial charge in [0.15, 0.2) is 9.84 Å². The summed E-state index contributed by atoms with van der Waals surface area (Å²) in [5, 5.41) is 12.7. The Morgan fingerprint density at radius 2 is 2.20 bits per heavy atom. The number of hydrogen-bond acceptors (Lipinski definition) is 5. The molecule has 1 heterocycles. The molecule has 0 saturated heterocycles. The minimum atomic E-state index is -3.37. The number of nitrogens with one attached hydrogen (secondary N) is 1. The summed E-state index contributed by atoms with van der Waals surface area (Å²) < 4.78 is 22.7. The molecule has 0 fully saturated rings. The van der Waals surface area contributed by atoms with Gasteiger partial charge in [0.05, 0.1) is 5.56 Å². The van der Waals surface area contributed by atoms with Crippen LogP contribution in [0.4, 0.5) is 0 Å². The Kier molecular flexibility index (Phi) is 5.46. The van der Waals surface area contributed by atoms with Gasteiger partial charge < -0.3 is 10.4 Å². The Labute approximate surface area is 121 Å². The number of thiophene rings is 1. The summed E-state index contributed by atoms with van der Waals surface area (Å²) >= 11 is 0.926. The maximum absolute atomic E-state index is 11.9. The maximum Gasteiger partial charge on any atom is 0.326 e. The maximum atomic E-state index is 11.9. The van der Waals surface area contributed by atoms with Gasteiger partial charge in [-0.05, 0) is 18.9 Å². The molecule has 2 N–H and O–H groups in total. The lowest BCUT2D eigenvalue weighted by molar-refractivity contribution is -0.139. The number of rotatable bonds is 7. The molecule has 0 saturated carbocycles. The number of amides is 1. The third kappa shape index (κ3) is 4.46.